The zero-order valence-corrected chi connectivity index (χ0v) is 38.4. The van der Waals surface area contributed by atoms with Crippen molar-refractivity contribution in [3.63, 3.8) is 0 Å². The molecule has 3 aromatic heterocycles. The van der Waals surface area contributed by atoms with Crippen molar-refractivity contribution in [2.75, 3.05) is 0 Å². The Labute approximate surface area is 349 Å². The molecule has 0 aliphatic heterocycles. The Balaban J connectivity index is 0.000000217. The van der Waals surface area contributed by atoms with Gasteiger partial charge in [-0.3, -0.25) is 0 Å². The van der Waals surface area contributed by atoms with Crippen LogP contribution in [0.5, 0.6) is 0 Å². The van der Waals surface area contributed by atoms with Crippen LogP contribution in [-0.4, -0.2) is 8.07 Å². The molecule has 7 rings (SSSR count). The molecule has 1 radical (unpaired) electrons. The van der Waals surface area contributed by atoms with Crippen molar-refractivity contribution in [1.82, 2.24) is 0 Å². The Morgan fingerprint density at radius 2 is 1.36 bits per heavy atom. The summed E-state index contributed by atoms with van der Waals surface area (Å²) in [5.41, 5.74) is 14.7. The fourth-order valence-electron chi connectivity index (χ4n) is 7.42. The second kappa shape index (κ2) is 16.9. The summed E-state index contributed by atoms with van der Waals surface area (Å²) in [7, 11) is 7.14. The maximum Gasteiger partial charge on any atom is 0.0709 e. The van der Waals surface area contributed by atoms with Crippen LogP contribution in [0.15, 0.2) is 103 Å². The van der Waals surface area contributed by atoms with Crippen molar-refractivity contribution in [3.05, 3.63) is 165 Å². The van der Waals surface area contributed by atoms with E-state index in [0.29, 0.717) is 11.8 Å². The van der Waals surface area contributed by atoms with Gasteiger partial charge in [-0.25, -0.2) is 0 Å². The zero-order chi connectivity index (χ0) is 39.1. The maximum atomic E-state index is 4.38. The Hall–Kier alpha value is -4.25. The van der Waals surface area contributed by atoms with Crippen LogP contribution in [0.2, 0.25) is 19.6 Å². The van der Waals surface area contributed by atoms with E-state index in [0.717, 1.165) is 28.9 Å². The molecule has 287 valence electrons. The molecule has 0 spiro atoms. The van der Waals surface area contributed by atoms with E-state index in [1.54, 1.807) is 0 Å². The van der Waals surface area contributed by atoms with Crippen molar-refractivity contribution in [2.24, 2.45) is 5.92 Å². The van der Waals surface area contributed by atoms with Crippen molar-refractivity contribution in [2.45, 2.75) is 73.5 Å². The summed E-state index contributed by atoms with van der Waals surface area (Å²) < 4.78 is 6.61. The smallest absolute Gasteiger partial charge is 0.0709 e. The predicted octanol–water partition coefficient (Wildman–Crippen LogP) is 12.4. The van der Waals surface area contributed by atoms with Crippen LogP contribution >= 0.6 is 11.3 Å². The molecule has 0 saturated carbocycles. The summed E-state index contributed by atoms with van der Waals surface area (Å²) in [6, 6.07) is 33.0. The van der Waals surface area contributed by atoms with Crippen LogP contribution in [-0.2, 0) is 26.5 Å². The summed E-state index contributed by atoms with van der Waals surface area (Å²) in [5.74, 6) is 1.13. The molecule has 0 amide bonds. The summed E-state index contributed by atoms with van der Waals surface area (Å²) in [6.45, 7) is 29.2. The minimum Gasteiger partial charge on any atom is -0.343 e. The van der Waals surface area contributed by atoms with Crippen LogP contribution in [0.25, 0.3) is 53.8 Å². The molecule has 0 unspecified atom stereocenters. The fraction of sp³-hybridized carbons (Fsp3) is 0.240. The van der Waals surface area contributed by atoms with Crippen LogP contribution in [0, 0.1) is 47.7 Å². The normalized spacial score (nSPS) is 11.5. The van der Waals surface area contributed by atoms with Gasteiger partial charge in [0.15, 0.2) is 0 Å². The molecule has 3 heterocycles. The second-order valence-corrected chi connectivity index (χ2v) is 22.7. The van der Waals surface area contributed by atoms with Gasteiger partial charge in [-0.15, -0.1) is 34.6 Å². The molecule has 0 saturated heterocycles. The number of rotatable bonds is 7. The monoisotopic (exact) mass is 937 g/mol. The number of pyridine rings is 2. The first-order chi connectivity index (χ1) is 25.5. The molecule has 7 aromatic rings. The first kappa shape index (κ1) is 41.9. The number of benzene rings is 4. The van der Waals surface area contributed by atoms with Crippen LogP contribution in [0.3, 0.4) is 0 Å². The van der Waals surface area contributed by atoms with Gasteiger partial charge in [0.2, 0.25) is 0 Å². The molecule has 0 aliphatic rings. The van der Waals surface area contributed by atoms with E-state index in [2.05, 4.69) is 193 Å². The fourth-order valence-corrected chi connectivity index (χ4v) is 10.5. The molecule has 2 nitrogen and oxygen atoms in total. The van der Waals surface area contributed by atoms with Crippen molar-refractivity contribution < 1.29 is 29.2 Å². The SMILES string of the molecule is [CH2-]c1cc(C)c(C)cc1-c1cc(C(C)C)c([Si](C)(C)C)c[n+]1[CH2-].[CH2-]c1ccc2c(sc3cc(-c4ccccc4)ccc32)c1-c1cc(CC(C)C)cc[n+]1[CH2-].[Ir]. The number of aromatic nitrogens is 2. The summed E-state index contributed by atoms with van der Waals surface area (Å²) >= 11 is 1.85. The molecule has 0 fully saturated rings. The minimum absolute atomic E-state index is 0. The average Bonchev–Trinajstić information content (AvgIpc) is 3.48. The third-order valence-electron chi connectivity index (χ3n) is 10.5. The van der Waals surface area contributed by atoms with Crippen LogP contribution < -0.4 is 14.3 Å². The van der Waals surface area contributed by atoms with Gasteiger partial charge in [0, 0.05) is 38.9 Å². The Morgan fingerprint density at radius 3 is 2.02 bits per heavy atom. The van der Waals surface area contributed by atoms with E-state index in [-0.39, 0.29) is 20.1 Å². The van der Waals surface area contributed by atoms with E-state index in [1.165, 1.54) is 69.9 Å². The largest absolute Gasteiger partial charge is 0.343 e. The number of hydrogen-bond acceptors (Lipinski definition) is 1. The minimum atomic E-state index is -1.41. The van der Waals surface area contributed by atoms with Gasteiger partial charge in [-0.1, -0.05) is 137 Å². The van der Waals surface area contributed by atoms with Gasteiger partial charge in [0.05, 0.1) is 31.9 Å². The Kier molecular flexibility index (Phi) is 12.8. The Morgan fingerprint density at radius 1 is 0.691 bits per heavy atom. The molecule has 0 N–H and O–H groups in total. The van der Waals surface area contributed by atoms with E-state index in [1.807, 2.05) is 20.5 Å². The standard InChI is InChI=1S/C29H26NS.C21H30NSi.Ir/c1-19(2)16-21-14-15-30(4)26(17-21)28-20(3)10-12-25-24-13-11-23(18-27(24)31-29(25)28)22-8-6-5-7-9-22;1-14(2)18-12-20(22(6)13-21(18)23(7,8)9)19-11-16(4)15(3)10-17(19)5;/h5-15,17-19H,3-4,16H2,1-2H3;10-14H,5-6H2,1-4,7-9H3;/q2*-1;. The second-order valence-electron chi connectivity index (χ2n) is 16.6. The Bertz CT molecular complexity index is 2470. The van der Waals surface area contributed by atoms with E-state index in [9.17, 15) is 0 Å². The summed E-state index contributed by atoms with van der Waals surface area (Å²) in [6.07, 6.45) is 5.39. The molecule has 0 atom stereocenters. The van der Waals surface area contributed by atoms with E-state index < -0.39 is 8.07 Å². The molecule has 55 heavy (non-hydrogen) atoms. The average molecular weight is 937 g/mol. The van der Waals surface area contributed by atoms with Gasteiger partial charge in [-0.05, 0) is 63.0 Å². The van der Waals surface area contributed by atoms with Crippen molar-refractivity contribution in [1.29, 1.82) is 0 Å². The first-order valence-corrected chi connectivity index (χ1v) is 23.4. The summed E-state index contributed by atoms with van der Waals surface area (Å²) in [5, 5.41) is 4.09. The first-order valence-electron chi connectivity index (χ1n) is 19.1. The van der Waals surface area contributed by atoms with Crippen LogP contribution in [0.1, 0.15) is 67.0 Å². The third kappa shape index (κ3) is 8.92. The molecule has 0 aliphatic carbocycles. The predicted molar refractivity (Wildman–Crippen MR) is 238 cm³/mol. The molecule has 0 bridgehead atoms. The number of nitrogens with zero attached hydrogens (tertiary/aromatic N) is 2. The molecular weight excluding hydrogens is 881 g/mol. The van der Waals surface area contributed by atoms with Crippen molar-refractivity contribution >= 4 is 44.8 Å². The quantitative estimate of drug-likeness (QED) is 0.0855. The molecule has 5 heteroatoms. The van der Waals surface area contributed by atoms with Gasteiger partial charge < -0.3 is 9.13 Å². The van der Waals surface area contributed by atoms with Gasteiger partial charge in [0.1, 0.15) is 0 Å². The van der Waals surface area contributed by atoms with Crippen LogP contribution in [0.4, 0.5) is 0 Å². The van der Waals surface area contributed by atoms with Gasteiger partial charge in [0.25, 0.3) is 0 Å². The maximum absolute atomic E-state index is 4.38. The number of aryl methyl sites for hydroxylation is 2. The number of fused-ring (bicyclic) bond motifs is 3. The third-order valence-corrected chi connectivity index (χ3v) is 13.7. The topological polar surface area (TPSA) is 7.76 Å². The molecule has 4 aromatic carbocycles. The number of hydrogen-bond donors (Lipinski definition) is 0. The summed E-state index contributed by atoms with van der Waals surface area (Å²) in [4.78, 5) is 0. The zero-order valence-electron chi connectivity index (χ0n) is 34.1. The van der Waals surface area contributed by atoms with Gasteiger partial charge >= 0.3 is 0 Å². The molecular formula is C50H56IrN2SSi-2. The van der Waals surface area contributed by atoms with E-state index in [4.69, 9.17) is 0 Å². The van der Waals surface area contributed by atoms with Gasteiger partial charge in [-0.2, -0.15) is 37.1 Å². The van der Waals surface area contributed by atoms with Crippen molar-refractivity contribution in [3.8, 4) is 33.6 Å². The van der Waals surface area contributed by atoms with E-state index >= 15 is 0 Å². The number of thiophene rings is 1.